The molecule has 1 aromatic carbocycles. The molecule has 0 bridgehead atoms. The van der Waals surface area contributed by atoms with Gasteiger partial charge in [-0.1, -0.05) is 42.5 Å². The predicted molar refractivity (Wildman–Crippen MR) is 100 cm³/mol. The van der Waals surface area contributed by atoms with Crippen molar-refractivity contribution in [2.75, 3.05) is 19.7 Å². The van der Waals surface area contributed by atoms with Gasteiger partial charge in [-0.15, -0.1) is 0 Å². The molecule has 1 aromatic rings. The molecule has 2 heterocycles. The van der Waals surface area contributed by atoms with Crippen LogP contribution in [0.15, 0.2) is 47.4 Å². The lowest BCUT2D eigenvalue weighted by molar-refractivity contribution is -0.129. The molecular formula is C19H20N2O4S. The predicted octanol–water partition coefficient (Wildman–Crippen LogP) is 2.57. The summed E-state index contributed by atoms with van der Waals surface area (Å²) in [6.07, 6.45) is 7.11. The van der Waals surface area contributed by atoms with Gasteiger partial charge in [-0.2, -0.15) is 0 Å². The van der Waals surface area contributed by atoms with E-state index in [2.05, 4.69) is 5.32 Å². The van der Waals surface area contributed by atoms with E-state index in [-0.39, 0.29) is 18.6 Å². The number of imide groups is 1. The van der Waals surface area contributed by atoms with Gasteiger partial charge in [-0.25, -0.2) is 0 Å². The van der Waals surface area contributed by atoms with Crippen molar-refractivity contribution in [3.63, 3.8) is 0 Å². The minimum Gasteiger partial charge on any atom is -0.376 e. The maximum atomic E-state index is 12.3. The summed E-state index contributed by atoms with van der Waals surface area (Å²) in [5, 5.41) is 2.29. The molecule has 7 heteroatoms. The number of allylic oxidation sites excluding steroid dienone is 2. The van der Waals surface area contributed by atoms with Crippen LogP contribution >= 0.6 is 11.8 Å². The lowest BCUT2D eigenvalue weighted by atomic mass is 10.2. The fraction of sp³-hybridized carbons (Fsp3) is 0.316. The minimum atomic E-state index is -0.440. The second-order valence-corrected chi connectivity index (χ2v) is 6.99. The number of thioether (sulfide) groups is 1. The van der Waals surface area contributed by atoms with Crippen LogP contribution in [0.5, 0.6) is 0 Å². The Bertz CT molecular complexity index is 739. The lowest BCUT2D eigenvalue weighted by Gasteiger charge is -2.14. The van der Waals surface area contributed by atoms with Gasteiger partial charge in [0.25, 0.3) is 11.1 Å². The highest BCUT2D eigenvalue weighted by molar-refractivity contribution is 8.18. The smallest absolute Gasteiger partial charge is 0.294 e. The summed E-state index contributed by atoms with van der Waals surface area (Å²) in [5.74, 6) is -0.797. The Hall–Kier alpha value is -2.38. The molecule has 0 aliphatic carbocycles. The summed E-state index contributed by atoms with van der Waals surface area (Å²) < 4.78 is 5.43. The normalized spacial score (nSPS) is 21.9. The molecule has 0 aromatic heterocycles. The van der Waals surface area contributed by atoms with Gasteiger partial charge in [0.05, 0.1) is 11.0 Å². The van der Waals surface area contributed by atoms with E-state index in [9.17, 15) is 14.4 Å². The van der Waals surface area contributed by atoms with Crippen LogP contribution in [-0.2, 0) is 14.3 Å². The first-order valence-corrected chi connectivity index (χ1v) is 9.30. The van der Waals surface area contributed by atoms with Gasteiger partial charge in [0.2, 0.25) is 5.91 Å². The number of carbonyl (C=O) groups is 3. The lowest BCUT2D eigenvalue weighted by Crippen LogP contribution is -2.41. The van der Waals surface area contributed by atoms with Gasteiger partial charge in [0, 0.05) is 13.2 Å². The number of nitrogens with one attached hydrogen (secondary N) is 1. The summed E-state index contributed by atoms with van der Waals surface area (Å²) in [6, 6.07) is 9.64. The van der Waals surface area contributed by atoms with Crippen LogP contribution in [-0.4, -0.2) is 47.8 Å². The Labute approximate surface area is 156 Å². The molecule has 1 N–H and O–H groups in total. The molecule has 0 radical (unpaired) electrons. The van der Waals surface area contributed by atoms with Gasteiger partial charge in [0.15, 0.2) is 0 Å². The quantitative estimate of drug-likeness (QED) is 0.777. The third-order valence-corrected chi connectivity index (χ3v) is 4.99. The fourth-order valence-corrected chi connectivity index (χ4v) is 3.48. The SMILES string of the molecule is O=C(CN1C(=O)S/C(=C\C=C\c2ccccc2)C1=O)NC[C@H]1CCCO1. The number of nitrogens with zero attached hydrogens (tertiary/aromatic N) is 1. The number of hydrogen-bond donors (Lipinski definition) is 1. The van der Waals surface area contributed by atoms with Crippen LogP contribution in [0.4, 0.5) is 4.79 Å². The summed E-state index contributed by atoms with van der Waals surface area (Å²) in [4.78, 5) is 37.6. The van der Waals surface area contributed by atoms with Crippen LogP contribution in [0.1, 0.15) is 18.4 Å². The van der Waals surface area contributed by atoms with Crippen molar-refractivity contribution in [2.45, 2.75) is 18.9 Å². The van der Waals surface area contributed by atoms with Crippen molar-refractivity contribution in [1.29, 1.82) is 0 Å². The molecule has 6 nitrogen and oxygen atoms in total. The number of benzene rings is 1. The van der Waals surface area contributed by atoms with E-state index in [0.29, 0.717) is 18.1 Å². The van der Waals surface area contributed by atoms with Gasteiger partial charge in [-0.05, 0) is 36.2 Å². The second-order valence-electron chi connectivity index (χ2n) is 6.00. The van der Waals surface area contributed by atoms with E-state index in [1.54, 1.807) is 12.2 Å². The van der Waals surface area contributed by atoms with Gasteiger partial charge in [0.1, 0.15) is 6.54 Å². The fourth-order valence-electron chi connectivity index (χ4n) is 2.69. The Morgan fingerprint density at radius 3 is 2.85 bits per heavy atom. The maximum absolute atomic E-state index is 12.3. The minimum absolute atomic E-state index is 0.0249. The molecule has 2 aliphatic heterocycles. The Morgan fingerprint density at radius 2 is 2.12 bits per heavy atom. The Balaban J connectivity index is 1.53. The van der Waals surface area contributed by atoms with Crippen molar-refractivity contribution >= 4 is 34.9 Å². The Morgan fingerprint density at radius 1 is 1.31 bits per heavy atom. The number of carbonyl (C=O) groups excluding carboxylic acids is 3. The molecule has 3 rings (SSSR count). The van der Waals surface area contributed by atoms with E-state index in [4.69, 9.17) is 4.74 Å². The first-order chi connectivity index (χ1) is 12.6. The highest BCUT2D eigenvalue weighted by atomic mass is 32.2. The van der Waals surface area contributed by atoms with Crippen molar-refractivity contribution in [1.82, 2.24) is 10.2 Å². The molecular weight excluding hydrogens is 352 g/mol. The Kier molecular flexibility index (Phi) is 6.25. The van der Waals surface area contributed by atoms with Crippen LogP contribution < -0.4 is 5.32 Å². The van der Waals surface area contributed by atoms with Crippen molar-refractivity contribution in [3.05, 3.63) is 53.0 Å². The summed E-state index contributed by atoms with van der Waals surface area (Å²) in [5.41, 5.74) is 0.997. The summed E-state index contributed by atoms with van der Waals surface area (Å²) in [6.45, 7) is 0.854. The highest BCUT2D eigenvalue weighted by Gasteiger charge is 2.36. The van der Waals surface area contributed by atoms with Crippen LogP contribution in [0, 0.1) is 0 Å². The molecule has 0 saturated carbocycles. The topological polar surface area (TPSA) is 75.7 Å². The number of hydrogen-bond acceptors (Lipinski definition) is 5. The zero-order valence-electron chi connectivity index (χ0n) is 14.2. The van der Waals surface area contributed by atoms with Gasteiger partial charge >= 0.3 is 0 Å². The average molecular weight is 372 g/mol. The third kappa shape index (κ3) is 4.83. The molecule has 2 fully saturated rings. The molecule has 136 valence electrons. The maximum Gasteiger partial charge on any atom is 0.294 e. The van der Waals surface area contributed by atoms with E-state index < -0.39 is 11.1 Å². The summed E-state index contributed by atoms with van der Waals surface area (Å²) in [7, 11) is 0. The van der Waals surface area contributed by atoms with Gasteiger partial charge < -0.3 is 10.1 Å². The summed E-state index contributed by atoms with van der Waals surface area (Å²) >= 11 is 0.845. The molecule has 2 aliphatic rings. The van der Waals surface area contributed by atoms with E-state index in [1.807, 2.05) is 36.4 Å². The zero-order chi connectivity index (χ0) is 18.4. The molecule has 0 spiro atoms. The van der Waals surface area contributed by atoms with E-state index in [1.165, 1.54) is 0 Å². The van der Waals surface area contributed by atoms with Crippen molar-refractivity contribution in [2.24, 2.45) is 0 Å². The molecule has 0 unspecified atom stereocenters. The number of amides is 3. The van der Waals surface area contributed by atoms with Crippen LogP contribution in [0.25, 0.3) is 6.08 Å². The second kappa shape index (κ2) is 8.82. The zero-order valence-corrected chi connectivity index (χ0v) is 15.0. The largest absolute Gasteiger partial charge is 0.376 e. The first-order valence-electron chi connectivity index (χ1n) is 8.49. The molecule has 1 atom stereocenters. The van der Waals surface area contributed by atoms with Gasteiger partial charge in [-0.3, -0.25) is 19.3 Å². The van der Waals surface area contributed by atoms with Crippen LogP contribution in [0.2, 0.25) is 0 Å². The van der Waals surface area contributed by atoms with Crippen molar-refractivity contribution < 1.29 is 19.1 Å². The average Bonchev–Trinajstić information content (AvgIpc) is 3.25. The molecule has 3 amide bonds. The molecule has 26 heavy (non-hydrogen) atoms. The van der Waals surface area contributed by atoms with Crippen molar-refractivity contribution in [3.8, 4) is 0 Å². The highest BCUT2D eigenvalue weighted by Crippen LogP contribution is 2.30. The number of rotatable bonds is 6. The molecule has 2 saturated heterocycles. The number of ether oxygens (including phenoxy) is 1. The van der Waals surface area contributed by atoms with E-state index >= 15 is 0 Å². The van der Waals surface area contributed by atoms with Crippen LogP contribution in [0.3, 0.4) is 0 Å². The van der Waals surface area contributed by atoms with E-state index in [0.717, 1.165) is 35.1 Å². The third-order valence-electron chi connectivity index (χ3n) is 4.06. The monoisotopic (exact) mass is 372 g/mol. The standard InChI is InChI=1S/C19H20N2O4S/c22-17(20-12-15-9-5-11-25-15)13-21-18(23)16(26-19(21)24)10-4-8-14-6-2-1-3-7-14/h1-4,6-8,10,15H,5,9,11-13H2,(H,20,22)/b8-4+,16-10-/t15-/m1/s1. The first kappa shape index (κ1) is 18.4.